The smallest absolute Gasteiger partial charge is 0.0537 e. The predicted molar refractivity (Wildman–Crippen MR) is 70.5 cm³/mol. The van der Waals surface area contributed by atoms with E-state index in [2.05, 4.69) is 18.2 Å². The number of nitrogens with zero attached hydrogens (tertiary/aromatic N) is 2. The number of rotatable bonds is 4. The molecule has 1 fully saturated rings. The maximum atomic E-state index is 6.35. The average Bonchev–Trinajstić information content (AvgIpc) is 2.76. The highest BCUT2D eigenvalue weighted by Gasteiger charge is 2.26. The fourth-order valence-corrected chi connectivity index (χ4v) is 3.13. The van der Waals surface area contributed by atoms with Gasteiger partial charge in [0, 0.05) is 24.8 Å². The second-order valence-electron chi connectivity index (χ2n) is 5.54. The fourth-order valence-electron chi connectivity index (χ4n) is 3.13. The van der Waals surface area contributed by atoms with Crippen molar-refractivity contribution in [2.75, 3.05) is 0 Å². The molecule has 0 aromatic carbocycles. The molecule has 1 aromatic heterocycles. The Labute approximate surface area is 104 Å². The molecule has 1 aliphatic carbocycles. The molecule has 0 saturated heterocycles. The summed E-state index contributed by atoms with van der Waals surface area (Å²) in [5, 5.41) is 4.21. The summed E-state index contributed by atoms with van der Waals surface area (Å²) in [5.74, 6) is 1.62. The van der Waals surface area contributed by atoms with Gasteiger partial charge in [-0.05, 0) is 24.7 Å². The van der Waals surface area contributed by atoms with Crippen LogP contribution in [-0.2, 0) is 7.05 Å². The maximum absolute atomic E-state index is 6.35. The Balaban J connectivity index is 1.88. The SMILES string of the molecule is CCCC1CCC(C(N)c2cnn(C)c2)CC1. The summed E-state index contributed by atoms with van der Waals surface area (Å²) in [5.41, 5.74) is 7.55. The third kappa shape index (κ3) is 3.09. The van der Waals surface area contributed by atoms with Gasteiger partial charge in [-0.1, -0.05) is 32.6 Å². The van der Waals surface area contributed by atoms with Gasteiger partial charge in [0.05, 0.1) is 6.20 Å². The van der Waals surface area contributed by atoms with Crippen molar-refractivity contribution in [2.24, 2.45) is 24.6 Å². The van der Waals surface area contributed by atoms with Gasteiger partial charge in [0.15, 0.2) is 0 Å². The normalized spacial score (nSPS) is 27.0. The molecule has 1 saturated carbocycles. The Kier molecular flexibility index (Phi) is 4.21. The monoisotopic (exact) mass is 235 g/mol. The molecule has 0 amide bonds. The lowest BCUT2D eigenvalue weighted by Crippen LogP contribution is -2.25. The quantitative estimate of drug-likeness (QED) is 0.871. The lowest BCUT2D eigenvalue weighted by molar-refractivity contribution is 0.234. The summed E-state index contributed by atoms with van der Waals surface area (Å²) >= 11 is 0. The number of nitrogens with two attached hydrogens (primary N) is 1. The first-order valence-corrected chi connectivity index (χ1v) is 6.94. The van der Waals surface area contributed by atoms with Crippen LogP contribution < -0.4 is 5.73 Å². The van der Waals surface area contributed by atoms with Gasteiger partial charge in [0.1, 0.15) is 0 Å². The average molecular weight is 235 g/mol. The Bertz CT molecular complexity index is 337. The second-order valence-corrected chi connectivity index (χ2v) is 5.54. The predicted octanol–water partition coefficient (Wildman–Crippen LogP) is 3.03. The zero-order valence-electron chi connectivity index (χ0n) is 11.1. The molecular formula is C14H25N3. The molecule has 0 aliphatic heterocycles. The van der Waals surface area contributed by atoms with E-state index in [0.29, 0.717) is 5.92 Å². The Morgan fingerprint density at radius 2 is 2.12 bits per heavy atom. The van der Waals surface area contributed by atoms with E-state index in [0.717, 1.165) is 5.92 Å². The van der Waals surface area contributed by atoms with Crippen molar-refractivity contribution in [3.05, 3.63) is 18.0 Å². The summed E-state index contributed by atoms with van der Waals surface area (Å²) in [4.78, 5) is 0. The zero-order valence-corrected chi connectivity index (χ0v) is 11.1. The molecule has 1 heterocycles. The molecule has 96 valence electrons. The number of aromatic nitrogens is 2. The van der Waals surface area contributed by atoms with E-state index < -0.39 is 0 Å². The van der Waals surface area contributed by atoms with E-state index in [1.54, 1.807) is 0 Å². The molecular weight excluding hydrogens is 210 g/mol. The number of aryl methyl sites for hydroxylation is 1. The van der Waals surface area contributed by atoms with Gasteiger partial charge in [-0.3, -0.25) is 4.68 Å². The maximum Gasteiger partial charge on any atom is 0.0537 e. The van der Waals surface area contributed by atoms with Gasteiger partial charge in [-0.2, -0.15) is 5.10 Å². The standard InChI is InChI=1S/C14H25N3/c1-3-4-11-5-7-12(8-6-11)14(15)13-9-16-17(2)10-13/h9-12,14H,3-8,15H2,1-2H3. The highest BCUT2D eigenvalue weighted by atomic mass is 15.2. The largest absolute Gasteiger partial charge is 0.324 e. The fraction of sp³-hybridized carbons (Fsp3) is 0.786. The summed E-state index contributed by atoms with van der Waals surface area (Å²) in [6, 6.07) is 0.186. The molecule has 0 bridgehead atoms. The van der Waals surface area contributed by atoms with Crippen molar-refractivity contribution in [2.45, 2.75) is 51.5 Å². The van der Waals surface area contributed by atoms with Crippen molar-refractivity contribution >= 4 is 0 Å². The van der Waals surface area contributed by atoms with Crippen molar-refractivity contribution in [3.63, 3.8) is 0 Å². The minimum absolute atomic E-state index is 0.186. The molecule has 1 aliphatic rings. The van der Waals surface area contributed by atoms with Crippen molar-refractivity contribution < 1.29 is 0 Å². The van der Waals surface area contributed by atoms with Crippen molar-refractivity contribution in [1.82, 2.24) is 9.78 Å². The molecule has 1 unspecified atom stereocenters. The van der Waals surface area contributed by atoms with Crippen molar-refractivity contribution in [1.29, 1.82) is 0 Å². The molecule has 17 heavy (non-hydrogen) atoms. The molecule has 0 radical (unpaired) electrons. The van der Waals surface area contributed by atoms with Gasteiger partial charge in [0.25, 0.3) is 0 Å². The van der Waals surface area contributed by atoms with Crippen LogP contribution >= 0.6 is 0 Å². The Morgan fingerprint density at radius 3 is 2.65 bits per heavy atom. The first kappa shape index (κ1) is 12.6. The second kappa shape index (κ2) is 5.67. The summed E-state index contributed by atoms with van der Waals surface area (Å²) in [7, 11) is 1.95. The van der Waals surface area contributed by atoms with Crippen LogP contribution in [0.2, 0.25) is 0 Å². The van der Waals surface area contributed by atoms with Gasteiger partial charge in [-0.25, -0.2) is 0 Å². The van der Waals surface area contributed by atoms with E-state index in [1.165, 1.54) is 44.1 Å². The molecule has 3 heteroatoms. The van der Waals surface area contributed by atoms with Gasteiger partial charge in [0.2, 0.25) is 0 Å². The first-order valence-electron chi connectivity index (χ1n) is 6.94. The summed E-state index contributed by atoms with van der Waals surface area (Å²) in [6.45, 7) is 2.29. The highest BCUT2D eigenvalue weighted by Crippen LogP contribution is 2.37. The third-order valence-electron chi connectivity index (χ3n) is 4.21. The summed E-state index contributed by atoms with van der Waals surface area (Å²) in [6.07, 6.45) is 12.0. The highest BCUT2D eigenvalue weighted by molar-refractivity contribution is 5.11. The van der Waals surface area contributed by atoms with Gasteiger partial charge >= 0.3 is 0 Å². The van der Waals surface area contributed by atoms with Crippen LogP contribution in [0.25, 0.3) is 0 Å². The van der Waals surface area contributed by atoms with E-state index in [-0.39, 0.29) is 6.04 Å². The lowest BCUT2D eigenvalue weighted by atomic mass is 9.76. The minimum atomic E-state index is 0.186. The molecule has 3 nitrogen and oxygen atoms in total. The number of hydrogen-bond donors (Lipinski definition) is 1. The van der Waals surface area contributed by atoms with Gasteiger partial charge in [-0.15, -0.1) is 0 Å². The van der Waals surface area contributed by atoms with Gasteiger partial charge < -0.3 is 5.73 Å². The first-order chi connectivity index (χ1) is 8.20. The van der Waals surface area contributed by atoms with Crippen LogP contribution in [-0.4, -0.2) is 9.78 Å². The van der Waals surface area contributed by atoms with Crippen LogP contribution in [0.1, 0.15) is 57.1 Å². The number of hydrogen-bond acceptors (Lipinski definition) is 2. The minimum Gasteiger partial charge on any atom is -0.324 e. The van der Waals surface area contributed by atoms with E-state index in [4.69, 9.17) is 5.73 Å². The lowest BCUT2D eigenvalue weighted by Gasteiger charge is -2.31. The Morgan fingerprint density at radius 1 is 1.41 bits per heavy atom. The molecule has 2 rings (SSSR count). The van der Waals surface area contributed by atoms with Crippen LogP contribution in [0.4, 0.5) is 0 Å². The molecule has 1 aromatic rings. The molecule has 2 N–H and O–H groups in total. The van der Waals surface area contributed by atoms with E-state index in [9.17, 15) is 0 Å². The van der Waals surface area contributed by atoms with Crippen LogP contribution in [0.5, 0.6) is 0 Å². The third-order valence-corrected chi connectivity index (χ3v) is 4.21. The van der Waals surface area contributed by atoms with Crippen LogP contribution in [0.3, 0.4) is 0 Å². The van der Waals surface area contributed by atoms with Crippen molar-refractivity contribution in [3.8, 4) is 0 Å². The topological polar surface area (TPSA) is 43.8 Å². The van der Waals surface area contributed by atoms with Crippen LogP contribution in [0.15, 0.2) is 12.4 Å². The molecule has 0 spiro atoms. The van der Waals surface area contributed by atoms with Crippen LogP contribution in [0, 0.1) is 11.8 Å². The van der Waals surface area contributed by atoms with E-state index >= 15 is 0 Å². The zero-order chi connectivity index (χ0) is 12.3. The molecule has 1 atom stereocenters. The van der Waals surface area contributed by atoms with E-state index in [1.807, 2.05) is 17.9 Å². The summed E-state index contributed by atoms with van der Waals surface area (Å²) < 4.78 is 1.85. The Hall–Kier alpha value is -0.830.